The monoisotopic (exact) mass is 772 g/mol. The van der Waals surface area contributed by atoms with Crippen molar-refractivity contribution in [3.8, 4) is 0 Å². The number of fused-ring (bicyclic) bond motifs is 2. The van der Waals surface area contributed by atoms with E-state index < -0.39 is 26.2 Å². The highest BCUT2D eigenvalue weighted by molar-refractivity contribution is 7.86. The third-order valence-electron chi connectivity index (χ3n) is 8.10. The number of hydrogen-bond acceptors (Lipinski definition) is 10. The van der Waals surface area contributed by atoms with Gasteiger partial charge in [0.1, 0.15) is 5.82 Å². The lowest BCUT2D eigenvalue weighted by Crippen LogP contribution is -2.38. The Morgan fingerprint density at radius 1 is 0.960 bits per heavy atom. The Balaban J connectivity index is 1.82. The van der Waals surface area contributed by atoms with E-state index in [0.717, 1.165) is 34.1 Å². The molecule has 50 heavy (non-hydrogen) atoms. The van der Waals surface area contributed by atoms with Crippen LogP contribution in [-0.4, -0.2) is 69.7 Å². The summed E-state index contributed by atoms with van der Waals surface area (Å²) in [7, 11) is -7.98. The molecular weight excluding hydrogens is 729 g/mol. The molecule has 2 N–H and O–H groups in total. The first kappa shape index (κ1) is 39.6. The molecule has 2 heterocycles. The summed E-state index contributed by atoms with van der Waals surface area (Å²) in [6, 6.07) is 7.22. The number of esters is 1. The summed E-state index contributed by atoms with van der Waals surface area (Å²) in [5.41, 5.74) is 6.59. The number of benzene rings is 2. The van der Waals surface area contributed by atoms with Crippen LogP contribution in [0.4, 0.5) is 11.4 Å². The van der Waals surface area contributed by atoms with Gasteiger partial charge >= 0.3 is 5.97 Å². The minimum absolute atomic E-state index is 0.173. The Labute approximate surface area is 303 Å². The number of nitrogens with one attached hydrogen (secondary N) is 1. The lowest BCUT2D eigenvalue weighted by Gasteiger charge is -2.24. The van der Waals surface area contributed by atoms with Crippen LogP contribution in [0.5, 0.6) is 0 Å². The Kier molecular flexibility index (Phi) is 13.4. The molecule has 0 spiro atoms. The van der Waals surface area contributed by atoms with Crippen LogP contribution < -0.4 is 19.8 Å². The zero-order valence-electron chi connectivity index (χ0n) is 28.8. The molecule has 0 amide bonds. The average Bonchev–Trinajstić information content (AvgIpc) is 3.48. The number of allylic oxidation sites excluding steroid dienone is 2. The summed E-state index contributed by atoms with van der Waals surface area (Å²) in [4.78, 5) is 16.9. The molecule has 0 fully saturated rings. The third-order valence-corrected chi connectivity index (χ3v) is 10.8. The molecule has 0 aliphatic carbocycles. The molecule has 4 rings (SSSR count). The summed E-state index contributed by atoms with van der Waals surface area (Å²) < 4.78 is 71.4. The molecule has 0 saturated heterocycles. The number of ether oxygens (including phenoxy) is 1. The van der Waals surface area contributed by atoms with Gasteiger partial charge in [0.25, 0.3) is 26.1 Å². The van der Waals surface area contributed by atoms with Crippen molar-refractivity contribution < 1.29 is 39.8 Å². The van der Waals surface area contributed by atoms with E-state index in [2.05, 4.69) is 10.4 Å². The van der Waals surface area contributed by atoms with Crippen molar-refractivity contribution in [2.45, 2.75) is 60.5 Å². The summed E-state index contributed by atoms with van der Waals surface area (Å²) in [5, 5.41) is 0.829. The summed E-state index contributed by atoms with van der Waals surface area (Å²) in [6.07, 6.45) is 6.06. The number of imidazole rings is 1. The number of aryl methyl sites for hydroxylation is 3. The van der Waals surface area contributed by atoms with Gasteiger partial charge in [-0.3, -0.25) is 4.55 Å². The van der Waals surface area contributed by atoms with Gasteiger partial charge in [0.2, 0.25) is 0 Å². The van der Waals surface area contributed by atoms with Crippen LogP contribution in [0.3, 0.4) is 0 Å². The molecule has 0 unspecified atom stereocenters. The van der Waals surface area contributed by atoms with E-state index in [9.17, 15) is 26.2 Å². The number of hydroxylamine groups is 1. The first-order valence-corrected chi connectivity index (χ1v) is 20.4. The van der Waals surface area contributed by atoms with E-state index in [0.29, 0.717) is 36.7 Å². The number of nitrogens with zero attached hydrogens (tertiary/aromatic N) is 4. The number of carbonyl (C=O) groups is 1. The summed E-state index contributed by atoms with van der Waals surface area (Å²) in [6.45, 7) is 11.5. The molecule has 0 saturated carbocycles. The highest BCUT2D eigenvalue weighted by atomic mass is 35.5. The van der Waals surface area contributed by atoms with E-state index in [1.54, 1.807) is 26.0 Å². The van der Waals surface area contributed by atoms with Gasteiger partial charge in [0.15, 0.2) is 11.0 Å². The van der Waals surface area contributed by atoms with Gasteiger partial charge in [-0.15, -0.1) is 0 Å². The standard InChI is InChI=1S/C33H43Cl2N5O8S2/c1-6-36-48-50(45,46)18-12-16-40-28-20-24(33(41)47-9-4)26(35)22-30(28)38(8-3)32(40)14-10-13-31-37(7-2)29-21-25(34)23(5)19-27(29)39(31)15-11-17-49(42,43)44/h10,13-14,19-22,36H,6-9,11-12,15-18H2,1-5H3/p+1. The van der Waals surface area contributed by atoms with Crippen molar-refractivity contribution in [1.29, 1.82) is 0 Å². The molecule has 3 aromatic rings. The largest absolute Gasteiger partial charge is 0.462 e. The predicted molar refractivity (Wildman–Crippen MR) is 197 cm³/mol. The smallest absolute Gasteiger partial charge is 0.339 e. The van der Waals surface area contributed by atoms with E-state index in [4.69, 9.17) is 32.2 Å². The second kappa shape index (κ2) is 16.9. The van der Waals surface area contributed by atoms with Gasteiger partial charge in [-0.25, -0.2) is 13.9 Å². The van der Waals surface area contributed by atoms with Gasteiger partial charge < -0.3 is 14.5 Å². The fourth-order valence-electron chi connectivity index (χ4n) is 5.93. The van der Waals surface area contributed by atoms with Gasteiger partial charge in [0.05, 0.1) is 53.2 Å². The first-order chi connectivity index (χ1) is 23.7. The second-order valence-corrected chi connectivity index (χ2v) is 15.6. The van der Waals surface area contributed by atoms with Crippen LogP contribution in [0.15, 0.2) is 42.2 Å². The zero-order chi connectivity index (χ0) is 36.8. The Hall–Kier alpha value is -3.18. The lowest BCUT2D eigenvalue weighted by atomic mass is 10.2. The molecule has 1 aliphatic rings. The van der Waals surface area contributed by atoms with Crippen molar-refractivity contribution in [3.63, 3.8) is 0 Å². The molecule has 274 valence electrons. The minimum Gasteiger partial charge on any atom is -0.462 e. The van der Waals surface area contributed by atoms with E-state index in [-0.39, 0.29) is 48.1 Å². The maximum Gasteiger partial charge on any atom is 0.339 e. The Morgan fingerprint density at radius 3 is 2.32 bits per heavy atom. The third kappa shape index (κ3) is 9.18. The van der Waals surface area contributed by atoms with Crippen molar-refractivity contribution in [3.05, 3.63) is 69.2 Å². The van der Waals surface area contributed by atoms with Gasteiger partial charge in [0, 0.05) is 49.3 Å². The maximum absolute atomic E-state index is 12.8. The molecule has 0 bridgehead atoms. The summed E-state index contributed by atoms with van der Waals surface area (Å²) in [5.74, 6) is 0.297. The molecule has 1 aliphatic heterocycles. The highest BCUT2D eigenvalue weighted by Crippen LogP contribution is 2.44. The number of hydrogen-bond donors (Lipinski definition) is 2. The quantitative estimate of drug-likeness (QED) is 0.0777. The number of carbonyl (C=O) groups excluding carboxylic acids is 1. The van der Waals surface area contributed by atoms with Crippen molar-refractivity contribution in [2.24, 2.45) is 0 Å². The average molecular weight is 774 g/mol. The van der Waals surface area contributed by atoms with E-state index >= 15 is 0 Å². The van der Waals surface area contributed by atoms with Crippen molar-refractivity contribution in [1.82, 2.24) is 10.0 Å². The Bertz CT molecular complexity index is 2010. The number of aromatic nitrogens is 2. The van der Waals surface area contributed by atoms with Crippen LogP contribution >= 0.6 is 23.2 Å². The topological polar surface area (TPSA) is 151 Å². The number of anilines is 2. The molecule has 1 aromatic heterocycles. The van der Waals surface area contributed by atoms with Crippen molar-refractivity contribution in [2.75, 3.05) is 47.5 Å². The Morgan fingerprint density at radius 2 is 1.68 bits per heavy atom. The first-order valence-electron chi connectivity index (χ1n) is 16.4. The van der Waals surface area contributed by atoms with Gasteiger partial charge in [-0.2, -0.15) is 26.6 Å². The van der Waals surface area contributed by atoms with Crippen molar-refractivity contribution >= 4 is 77.9 Å². The van der Waals surface area contributed by atoms with Crippen LogP contribution in [0.25, 0.3) is 17.1 Å². The summed E-state index contributed by atoms with van der Waals surface area (Å²) >= 11 is 13.1. The van der Waals surface area contributed by atoms with E-state index in [1.807, 2.05) is 65.2 Å². The fourth-order valence-corrected chi connectivity index (χ4v) is 7.68. The zero-order valence-corrected chi connectivity index (χ0v) is 31.9. The number of rotatable bonds is 17. The fraction of sp³-hybridized carbons (Fsp3) is 0.455. The number of halogens is 2. The van der Waals surface area contributed by atoms with Gasteiger partial charge in [-0.1, -0.05) is 36.2 Å². The van der Waals surface area contributed by atoms with E-state index in [1.165, 1.54) is 0 Å². The van der Waals surface area contributed by atoms with Gasteiger partial charge in [-0.05, 0) is 57.9 Å². The predicted octanol–water partition coefficient (Wildman–Crippen LogP) is 5.48. The SMILES string of the molecule is CCNOS(=O)(=O)CCC[n+]1c(/C=C/C=C2\N(CC)c3cc(Cl)c(C)cc3N2CCCS(=O)(=O)O)n(CC)c2cc(Cl)c(C(=O)OCC)cc21. The highest BCUT2D eigenvalue weighted by Gasteiger charge is 2.31. The minimum atomic E-state index is -4.15. The second-order valence-electron chi connectivity index (χ2n) is 11.5. The van der Waals surface area contributed by atoms with Crippen LogP contribution in [0, 0.1) is 6.92 Å². The molecular formula is C33H44Cl2N5O8S2+. The lowest BCUT2D eigenvalue weighted by molar-refractivity contribution is -0.673. The van der Waals surface area contributed by atoms with Crippen LogP contribution in [-0.2, 0) is 42.3 Å². The normalized spacial score (nSPS) is 14.4. The van der Waals surface area contributed by atoms with Crippen LogP contribution in [0.1, 0.15) is 62.3 Å². The molecule has 0 radical (unpaired) electrons. The molecule has 2 aromatic carbocycles. The molecule has 0 atom stereocenters. The maximum atomic E-state index is 12.8. The van der Waals surface area contributed by atoms with Crippen LogP contribution in [0.2, 0.25) is 10.0 Å². The molecule has 13 nitrogen and oxygen atoms in total. The molecule has 17 heteroatoms.